The first-order valence-corrected chi connectivity index (χ1v) is 0.943. The average Bonchev–Trinajstić information content (AvgIpc) is 1.41. The molecule has 0 atom stereocenters. The maximum absolute atomic E-state index is 8.95. The van der Waals surface area contributed by atoms with Gasteiger partial charge in [0.1, 0.15) is 0 Å². The molecule has 0 saturated heterocycles. The van der Waals surface area contributed by atoms with E-state index in [-0.39, 0.29) is 45.1 Å². The summed E-state index contributed by atoms with van der Waals surface area (Å²) < 4.78 is 21.4. The molecule has 8 heteroatoms. The summed E-state index contributed by atoms with van der Waals surface area (Å²) in [6.45, 7) is 0. The quantitative estimate of drug-likeness (QED) is 0.445. The predicted octanol–water partition coefficient (Wildman–Crippen LogP) is -2.01. The van der Waals surface area contributed by atoms with Crippen LogP contribution in [0.25, 0.3) is 0 Å². The van der Waals surface area contributed by atoms with Gasteiger partial charge in [-0.2, -0.15) is 0 Å². The predicted molar refractivity (Wildman–Crippen MR) is 18.3 cm³/mol. The van der Waals surface area contributed by atoms with Gasteiger partial charge in [-0.3, -0.25) is 0 Å². The maximum Gasteiger partial charge on any atom is 2.00 e. The van der Waals surface area contributed by atoms with Crippen LogP contribution in [0.3, 0.4) is 0 Å². The molecule has 0 unspecified atom stereocenters. The van der Waals surface area contributed by atoms with E-state index < -0.39 is 0 Å². The van der Waals surface area contributed by atoms with Crippen molar-refractivity contribution in [3.05, 3.63) is 0 Å². The van der Waals surface area contributed by atoms with Crippen molar-refractivity contribution in [2.45, 2.75) is 0 Å². The molecule has 0 aromatic carbocycles. The molecule has 0 radical (unpaired) electrons. The standard InChI is InChI=1S/B2O3.H2O.O.Zn/c3-1-5-2-4;;;/h;1H2;;/q;;-2;+2. The molecular formula is H2B2O5Zn. The summed E-state index contributed by atoms with van der Waals surface area (Å²) in [6.07, 6.45) is 0. The fourth-order valence-electron chi connectivity index (χ4n) is 0.0227. The molecule has 40 valence electrons. The minimum absolute atomic E-state index is 0. The van der Waals surface area contributed by atoms with Gasteiger partial charge in [0, 0.05) is 0 Å². The zero-order valence-corrected chi connectivity index (χ0v) is 6.96. The van der Waals surface area contributed by atoms with E-state index in [9.17, 15) is 0 Å². The monoisotopic (exact) mass is 168 g/mol. The molecule has 0 aromatic rings. The molecular weight excluding hydrogens is 167 g/mol. The largest absolute Gasteiger partial charge is 2.00 e. The van der Waals surface area contributed by atoms with E-state index in [4.69, 9.17) is 9.41 Å². The molecule has 0 spiro atoms. The zero-order valence-electron chi connectivity index (χ0n) is 3.99. The Morgan fingerprint density at radius 2 is 1.38 bits per heavy atom. The van der Waals surface area contributed by atoms with E-state index in [1.165, 1.54) is 0 Å². The number of hydrogen-bond donors (Lipinski definition) is 0. The molecule has 5 nitrogen and oxygen atoms in total. The summed E-state index contributed by atoms with van der Waals surface area (Å²) >= 11 is 0. The van der Waals surface area contributed by atoms with Crippen molar-refractivity contribution in [3.8, 4) is 0 Å². The average molecular weight is 169 g/mol. The molecule has 0 aliphatic carbocycles. The Bertz CT molecular complexity index is 39.7. The Hall–Kier alpha value is 0.0732. The van der Waals surface area contributed by atoms with Crippen LogP contribution < -0.4 is 0 Å². The van der Waals surface area contributed by atoms with E-state index in [2.05, 4.69) is 4.57 Å². The molecule has 0 heterocycles. The minimum atomic E-state index is 0. The van der Waals surface area contributed by atoms with Gasteiger partial charge in [-0.25, -0.2) is 0 Å². The molecule has 0 bridgehead atoms. The van der Waals surface area contributed by atoms with Gasteiger partial charge in [0.15, 0.2) is 0 Å². The summed E-state index contributed by atoms with van der Waals surface area (Å²) in [5.74, 6) is 0. The van der Waals surface area contributed by atoms with E-state index >= 15 is 0 Å². The molecule has 0 amide bonds. The van der Waals surface area contributed by atoms with Crippen LogP contribution >= 0.6 is 0 Å². The van der Waals surface area contributed by atoms with Crippen LogP contribution in [0.2, 0.25) is 0 Å². The Kier molecular flexibility index (Phi) is 84.1. The Morgan fingerprint density at radius 1 is 1.12 bits per heavy atom. The van der Waals surface area contributed by atoms with Crippen LogP contribution in [-0.4, -0.2) is 20.2 Å². The van der Waals surface area contributed by atoms with Crippen LogP contribution in [0.5, 0.6) is 0 Å². The fourth-order valence-corrected chi connectivity index (χ4v) is 0.0227. The molecule has 0 aliphatic heterocycles. The Morgan fingerprint density at radius 3 is 1.38 bits per heavy atom. The number of hydrogen-bond acceptors (Lipinski definition) is 3. The van der Waals surface area contributed by atoms with Crippen molar-refractivity contribution in [2.24, 2.45) is 0 Å². The van der Waals surface area contributed by atoms with Gasteiger partial charge in [0.25, 0.3) is 0 Å². The van der Waals surface area contributed by atoms with Crippen molar-refractivity contribution in [1.82, 2.24) is 0 Å². The zero-order chi connectivity index (χ0) is 4.12. The third-order valence-corrected chi connectivity index (χ3v) is 0.111. The molecule has 0 aromatic heterocycles. The van der Waals surface area contributed by atoms with Gasteiger partial charge in [-0.1, -0.05) is 0 Å². The third-order valence-electron chi connectivity index (χ3n) is 0.111. The Labute approximate surface area is 59.7 Å². The SMILES string of the molecule is O.O=BOB=O.[O-2].[Zn+2]. The normalized spacial score (nSPS) is 2.50. The van der Waals surface area contributed by atoms with Crippen molar-refractivity contribution in [1.29, 1.82) is 0 Å². The van der Waals surface area contributed by atoms with Crippen molar-refractivity contribution in [2.75, 3.05) is 0 Å². The summed E-state index contributed by atoms with van der Waals surface area (Å²) in [5.41, 5.74) is 0. The van der Waals surface area contributed by atoms with E-state index in [0.29, 0.717) is 0 Å². The van der Waals surface area contributed by atoms with Gasteiger partial charge in [-0.15, -0.1) is 0 Å². The van der Waals surface area contributed by atoms with Crippen LogP contribution in [0.1, 0.15) is 0 Å². The van der Waals surface area contributed by atoms with Gasteiger partial charge < -0.3 is 11.0 Å². The smallest absolute Gasteiger partial charge is 2.00 e. The van der Waals surface area contributed by atoms with Crippen LogP contribution in [-0.2, 0) is 38.9 Å². The summed E-state index contributed by atoms with van der Waals surface area (Å²) in [6, 6.07) is 0. The van der Waals surface area contributed by atoms with E-state index in [1.807, 2.05) is 0 Å². The van der Waals surface area contributed by atoms with Crippen molar-refractivity contribution in [3.63, 3.8) is 0 Å². The van der Waals surface area contributed by atoms with E-state index in [1.54, 1.807) is 0 Å². The molecule has 0 aliphatic rings. The summed E-state index contributed by atoms with van der Waals surface area (Å²) in [5, 5.41) is 0. The van der Waals surface area contributed by atoms with Crippen LogP contribution in [0.15, 0.2) is 0 Å². The van der Waals surface area contributed by atoms with Crippen LogP contribution in [0.4, 0.5) is 0 Å². The van der Waals surface area contributed by atoms with Crippen molar-refractivity contribution >= 4 is 14.7 Å². The molecule has 2 N–H and O–H groups in total. The number of rotatable bonds is 2. The topological polar surface area (TPSA) is 103 Å². The fraction of sp³-hybridized carbons (Fsp3) is 0. The molecule has 0 rings (SSSR count). The first kappa shape index (κ1) is 24.3. The van der Waals surface area contributed by atoms with Crippen LogP contribution in [0, 0.1) is 0 Å². The maximum atomic E-state index is 8.95. The van der Waals surface area contributed by atoms with Crippen molar-refractivity contribution < 1.29 is 44.4 Å². The summed E-state index contributed by atoms with van der Waals surface area (Å²) in [4.78, 5) is 0. The second kappa shape index (κ2) is 27.6. The van der Waals surface area contributed by atoms with Gasteiger partial charge >= 0.3 is 48.2 Å². The summed E-state index contributed by atoms with van der Waals surface area (Å²) in [7, 11) is 0.125. The van der Waals surface area contributed by atoms with Gasteiger partial charge in [-0.05, 0) is 0 Å². The van der Waals surface area contributed by atoms with E-state index in [0.717, 1.165) is 0 Å². The first-order valence-electron chi connectivity index (χ1n) is 0.943. The molecule has 0 fully saturated rings. The molecule has 0 saturated carbocycles. The Balaban J connectivity index is -0.0000000267. The second-order valence-corrected chi connectivity index (χ2v) is 0.329. The molecule has 8 heavy (non-hydrogen) atoms. The minimum Gasteiger partial charge on any atom is -2.00 e. The van der Waals surface area contributed by atoms with Gasteiger partial charge in [0.2, 0.25) is 0 Å². The third kappa shape index (κ3) is 36.4. The second-order valence-electron chi connectivity index (χ2n) is 0.329. The van der Waals surface area contributed by atoms with Gasteiger partial charge in [0.05, 0.1) is 0 Å². The first-order chi connectivity index (χ1) is 2.41.